The molecule has 0 saturated carbocycles. The fraction of sp³-hybridized carbons (Fsp3) is 0.227. The van der Waals surface area contributed by atoms with E-state index in [9.17, 15) is 9.59 Å². The Labute approximate surface area is 179 Å². The van der Waals surface area contributed by atoms with E-state index in [1.54, 1.807) is 6.20 Å². The molecule has 5 nitrogen and oxygen atoms in total. The highest BCUT2D eigenvalue weighted by Gasteiger charge is 2.18. The van der Waals surface area contributed by atoms with Crippen LogP contribution in [0.2, 0.25) is 5.02 Å². The summed E-state index contributed by atoms with van der Waals surface area (Å²) in [4.78, 5) is 28.8. The van der Waals surface area contributed by atoms with E-state index in [0.717, 1.165) is 16.8 Å². The van der Waals surface area contributed by atoms with E-state index in [1.165, 1.54) is 18.7 Å². The summed E-state index contributed by atoms with van der Waals surface area (Å²) in [5, 5.41) is 4.20. The van der Waals surface area contributed by atoms with Gasteiger partial charge in [-0.05, 0) is 43.5 Å². The molecule has 0 spiro atoms. The molecule has 1 heterocycles. The molecular weight excluding hydrogens is 406 g/mol. The molecule has 0 radical (unpaired) electrons. The van der Waals surface area contributed by atoms with Crippen molar-refractivity contribution in [2.45, 2.75) is 31.5 Å². The van der Waals surface area contributed by atoms with Crippen LogP contribution in [-0.2, 0) is 16.0 Å². The Morgan fingerprint density at radius 2 is 1.93 bits per heavy atom. The highest BCUT2D eigenvalue weighted by atomic mass is 35.5. The minimum atomic E-state index is -0.541. The molecule has 1 atom stereocenters. The van der Waals surface area contributed by atoms with Gasteiger partial charge in [0.2, 0.25) is 5.91 Å². The number of halogens is 1. The minimum absolute atomic E-state index is 0.0664. The van der Waals surface area contributed by atoms with E-state index >= 15 is 0 Å². The highest BCUT2D eigenvalue weighted by Crippen LogP contribution is 2.26. The summed E-state index contributed by atoms with van der Waals surface area (Å²) in [5.41, 5.74) is 2.87. The molecule has 0 aliphatic rings. The molecule has 1 amide bonds. The number of rotatable bonds is 8. The number of Topliss-reactive ketones (excluding diaryl/α,β-unsaturated/α-hetero) is 1. The number of hydrogen-bond acceptors (Lipinski definition) is 4. The maximum absolute atomic E-state index is 12.5. The summed E-state index contributed by atoms with van der Waals surface area (Å²) >= 11 is 7.54. The Balaban J connectivity index is 1.64. The van der Waals surface area contributed by atoms with Crippen LogP contribution in [0.5, 0.6) is 0 Å². The fourth-order valence-corrected chi connectivity index (χ4v) is 3.90. The molecule has 0 saturated heterocycles. The van der Waals surface area contributed by atoms with E-state index in [-0.39, 0.29) is 17.4 Å². The van der Waals surface area contributed by atoms with Crippen LogP contribution in [-0.4, -0.2) is 33.0 Å². The second-order valence-electron chi connectivity index (χ2n) is 6.67. The zero-order chi connectivity index (χ0) is 20.8. The Morgan fingerprint density at radius 3 is 2.66 bits per heavy atom. The van der Waals surface area contributed by atoms with Gasteiger partial charge in [-0.3, -0.25) is 14.2 Å². The van der Waals surface area contributed by atoms with Gasteiger partial charge in [0.05, 0.1) is 17.5 Å². The lowest BCUT2D eigenvalue weighted by atomic mass is 10.0. The van der Waals surface area contributed by atoms with Crippen molar-refractivity contribution < 1.29 is 9.59 Å². The van der Waals surface area contributed by atoms with E-state index in [2.05, 4.69) is 10.3 Å². The zero-order valence-electron chi connectivity index (χ0n) is 16.3. The zero-order valence-corrected chi connectivity index (χ0v) is 17.8. The average molecular weight is 428 g/mol. The molecular formula is C22H22ClN3O2S. The molecule has 150 valence electrons. The van der Waals surface area contributed by atoms with Crippen molar-refractivity contribution in [1.29, 1.82) is 0 Å². The van der Waals surface area contributed by atoms with Gasteiger partial charge in [-0.25, -0.2) is 4.98 Å². The summed E-state index contributed by atoms with van der Waals surface area (Å²) in [5.74, 6) is -0.110. The van der Waals surface area contributed by atoms with E-state index in [1.807, 2.05) is 66.2 Å². The van der Waals surface area contributed by atoms with Gasteiger partial charge in [0, 0.05) is 17.4 Å². The monoisotopic (exact) mass is 427 g/mol. The van der Waals surface area contributed by atoms with Crippen LogP contribution in [0.1, 0.15) is 18.1 Å². The van der Waals surface area contributed by atoms with Gasteiger partial charge < -0.3 is 5.32 Å². The van der Waals surface area contributed by atoms with Crippen molar-refractivity contribution in [3.8, 4) is 5.69 Å². The van der Waals surface area contributed by atoms with Crippen molar-refractivity contribution >= 4 is 35.1 Å². The molecule has 0 aliphatic carbocycles. The smallest absolute Gasteiger partial charge is 0.231 e. The van der Waals surface area contributed by atoms with Gasteiger partial charge in [0.25, 0.3) is 0 Å². The second-order valence-corrected chi connectivity index (χ2v) is 8.02. The Kier molecular flexibility index (Phi) is 7.12. The first-order chi connectivity index (χ1) is 14.0. The van der Waals surface area contributed by atoms with E-state index in [0.29, 0.717) is 16.6 Å². The maximum atomic E-state index is 12.5. The number of nitrogens with zero attached hydrogens (tertiary/aromatic N) is 2. The van der Waals surface area contributed by atoms with Crippen LogP contribution in [0.25, 0.3) is 5.69 Å². The number of benzene rings is 2. The molecule has 1 N–H and O–H groups in total. The molecule has 0 bridgehead atoms. The third-order valence-corrected chi connectivity index (χ3v) is 5.92. The van der Waals surface area contributed by atoms with Crippen LogP contribution >= 0.6 is 23.4 Å². The summed E-state index contributed by atoms with van der Waals surface area (Å²) < 4.78 is 1.91. The van der Waals surface area contributed by atoms with Crippen molar-refractivity contribution in [1.82, 2.24) is 14.9 Å². The van der Waals surface area contributed by atoms with Gasteiger partial charge in [0.15, 0.2) is 10.9 Å². The first-order valence-electron chi connectivity index (χ1n) is 9.21. The molecule has 29 heavy (non-hydrogen) atoms. The van der Waals surface area contributed by atoms with E-state index in [4.69, 9.17) is 11.6 Å². The van der Waals surface area contributed by atoms with Crippen molar-refractivity contribution in [2.75, 3.05) is 5.75 Å². The highest BCUT2D eigenvalue weighted by molar-refractivity contribution is 7.99. The van der Waals surface area contributed by atoms with Crippen LogP contribution in [0.3, 0.4) is 0 Å². The van der Waals surface area contributed by atoms with Crippen molar-refractivity contribution in [3.05, 3.63) is 77.1 Å². The SMILES string of the molecule is CC(=O)C(Cc1ccccc1)NC(=O)CSc1nccn1-c1cccc(Cl)c1C. The number of hydrogen-bond donors (Lipinski definition) is 1. The molecule has 3 rings (SSSR count). The summed E-state index contributed by atoms with van der Waals surface area (Å²) in [6.07, 6.45) is 4.00. The summed E-state index contributed by atoms with van der Waals surface area (Å²) in [6.45, 7) is 3.44. The Hall–Kier alpha value is -2.57. The van der Waals surface area contributed by atoms with Gasteiger partial charge in [-0.1, -0.05) is 59.8 Å². The number of aromatic nitrogens is 2. The van der Waals surface area contributed by atoms with Crippen molar-refractivity contribution in [2.24, 2.45) is 0 Å². The second kappa shape index (κ2) is 9.76. The summed E-state index contributed by atoms with van der Waals surface area (Å²) in [7, 11) is 0. The van der Waals surface area contributed by atoms with Gasteiger partial charge in [-0.2, -0.15) is 0 Å². The maximum Gasteiger partial charge on any atom is 0.231 e. The lowest BCUT2D eigenvalue weighted by Crippen LogP contribution is -2.42. The summed E-state index contributed by atoms with van der Waals surface area (Å²) in [6, 6.07) is 14.8. The third kappa shape index (κ3) is 5.49. The van der Waals surface area contributed by atoms with E-state index < -0.39 is 6.04 Å². The fourth-order valence-electron chi connectivity index (χ4n) is 2.95. The number of carbonyl (C=O) groups is 2. The third-order valence-electron chi connectivity index (χ3n) is 4.55. The number of thioether (sulfide) groups is 1. The van der Waals surface area contributed by atoms with Crippen LogP contribution in [0.4, 0.5) is 0 Å². The quantitative estimate of drug-likeness (QED) is 0.546. The number of amides is 1. The topological polar surface area (TPSA) is 64.0 Å². The number of ketones is 1. The lowest BCUT2D eigenvalue weighted by molar-refractivity contribution is -0.125. The normalized spacial score (nSPS) is 11.8. The predicted octanol–water partition coefficient (Wildman–Crippen LogP) is 4.24. The molecule has 0 fully saturated rings. The molecule has 7 heteroatoms. The standard InChI is InChI=1S/C22H22ClN3O2S/c1-15-18(23)9-6-10-20(15)26-12-11-24-22(26)29-14-21(28)25-19(16(2)27)13-17-7-4-3-5-8-17/h3-12,19H,13-14H2,1-2H3,(H,25,28). The Bertz CT molecular complexity index is 1000. The number of carbonyl (C=O) groups excluding carboxylic acids is 2. The lowest BCUT2D eigenvalue weighted by Gasteiger charge is -2.16. The van der Waals surface area contributed by atoms with Crippen LogP contribution < -0.4 is 5.32 Å². The Morgan fingerprint density at radius 1 is 1.17 bits per heavy atom. The number of imidazole rings is 1. The molecule has 2 aromatic carbocycles. The van der Waals surface area contributed by atoms with Crippen LogP contribution in [0, 0.1) is 6.92 Å². The average Bonchev–Trinajstić information content (AvgIpc) is 3.17. The first-order valence-corrected chi connectivity index (χ1v) is 10.6. The molecule has 1 unspecified atom stereocenters. The minimum Gasteiger partial charge on any atom is -0.345 e. The molecule has 1 aromatic heterocycles. The first kappa shape index (κ1) is 21.1. The van der Waals surface area contributed by atoms with Crippen molar-refractivity contribution in [3.63, 3.8) is 0 Å². The molecule has 0 aliphatic heterocycles. The van der Waals surface area contributed by atoms with Gasteiger partial charge in [0.1, 0.15) is 0 Å². The number of nitrogens with one attached hydrogen (secondary N) is 1. The van der Waals surface area contributed by atoms with Gasteiger partial charge in [-0.15, -0.1) is 0 Å². The van der Waals surface area contributed by atoms with Gasteiger partial charge >= 0.3 is 0 Å². The predicted molar refractivity (Wildman–Crippen MR) is 117 cm³/mol. The van der Waals surface area contributed by atoms with Crippen LogP contribution in [0.15, 0.2) is 66.1 Å². The largest absolute Gasteiger partial charge is 0.345 e. The molecule has 3 aromatic rings.